The average Bonchev–Trinajstić information content (AvgIpc) is 2.48. The largest absolute Gasteiger partial charge is 0.495 e. The maximum atomic E-state index is 10.8. The normalized spacial score (nSPS) is 26.9. The molecule has 1 aliphatic heterocycles. The van der Waals surface area contributed by atoms with E-state index in [-0.39, 0.29) is 5.88 Å². The van der Waals surface area contributed by atoms with Gasteiger partial charge in [0.05, 0.1) is 6.34 Å². The van der Waals surface area contributed by atoms with Crippen molar-refractivity contribution in [1.82, 2.24) is 5.32 Å². The standard InChI is InChI=1S/C16H20N2O2/c19-15-10-16(20,18-11-17-15)14-9-5-4-8-13(14)12-6-2-1-3-7-12/h4-5,8-12,19-20H,1-3,6-7H2,(H,17,18). The number of nitrogens with one attached hydrogen (secondary N) is 1. The van der Waals surface area contributed by atoms with Gasteiger partial charge in [0.2, 0.25) is 5.72 Å². The molecule has 0 bridgehead atoms. The molecule has 3 N–H and O–H groups in total. The van der Waals surface area contributed by atoms with Gasteiger partial charge in [-0.3, -0.25) is 0 Å². The van der Waals surface area contributed by atoms with Crippen LogP contribution >= 0.6 is 0 Å². The van der Waals surface area contributed by atoms with Crippen molar-refractivity contribution in [2.24, 2.45) is 4.99 Å². The van der Waals surface area contributed by atoms with Gasteiger partial charge in [0.1, 0.15) is 0 Å². The number of aliphatic imine (C=N–C) groups is 1. The van der Waals surface area contributed by atoms with Crippen molar-refractivity contribution in [2.45, 2.75) is 43.7 Å². The molecule has 0 radical (unpaired) electrons. The minimum absolute atomic E-state index is 0.0686. The predicted molar refractivity (Wildman–Crippen MR) is 78.5 cm³/mol. The molecule has 1 fully saturated rings. The Morgan fingerprint density at radius 1 is 1.15 bits per heavy atom. The maximum absolute atomic E-state index is 10.8. The highest BCUT2D eigenvalue weighted by Gasteiger charge is 2.33. The number of hydrogen-bond donors (Lipinski definition) is 3. The summed E-state index contributed by atoms with van der Waals surface area (Å²) in [7, 11) is 0. The van der Waals surface area contributed by atoms with Crippen molar-refractivity contribution >= 4 is 6.34 Å². The summed E-state index contributed by atoms with van der Waals surface area (Å²) in [5.41, 5.74) is 0.456. The van der Waals surface area contributed by atoms with E-state index >= 15 is 0 Å². The van der Waals surface area contributed by atoms with Crippen LogP contribution in [0, 0.1) is 0 Å². The summed E-state index contributed by atoms with van der Waals surface area (Å²) in [6, 6.07) is 7.88. The van der Waals surface area contributed by atoms with Crippen LogP contribution in [0.1, 0.15) is 49.1 Å². The first-order valence-electron chi connectivity index (χ1n) is 7.23. The molecule has 1 unspecified atom stereocenters. The Morgan fingerprint density at radius 2 is 1.90 bits per heavy atom. The summed E-state index contributed by atoms with van der Waals surface area (Å²) in [4.78, 5) is 4.12. The summed E-state index contributed by atoms with van der Waals surface area (Å²) < 4.78 is 0. The van der Waals surface area contributed by atoms with Crippen molar-refractivity contribution in [3.8, 4) is 0 Å². The molecule has 0 amide bonds. The van der Waals surface area contributed by atoms with Gasteiger partial charge in [0, 0.05) is 11.6 Å². The van der Waals surface area contributed by atoms with Gasteiger partial charge in [-0.15, -0.1) is 0 Å². The second-order valence-corrected chi connectivity index (χ2v) is 5.58. The molecule has 4 heteroatoms. The molecule has 20 heavy (non-hydrogen) atoms. The molecule has 106 valence electrons. The lowest BCUT2D eigenvalue weighted by Gasteiger charge is -2.30. The van der Waals surface area contributed by atoms with Gasteiger partial charge in [0.25, 0.3) is 0 Å². The lowest BCUT2D eigenvalue weighted by Crippen LogP contribution is -2.31. The number of rotatable bonds is 2. The molecular weight excluding hydrogens is 252 g/mol. The quantitative estimate of drug-likeness (QED) is 0.775. The number of hydrogen-bond acceptors (Lipinski definition) is 4. The van der Waals surface area contributed by atoms with Crippen molar-refractivity contribution in [2.75, 3.05) is 0 Å². The number of aliphatic hydroxyl groups is 2. The van der Waals surface area contributed by atoms with Crippen LogP contribution in [0.25, 0.3) is 0 Å². The lowest BCUT2D eigenvalue weighted by molar-refractivity contribution is 0.0906. The molecule has 0 aromatic heterocycles. The second-order valence-electron chi connectivity index (χ2n) is 5.58. The third-order valence-corrected chi connectivity index (χ3v) is 4.21. The Labute approximate surface area is 118 Å². The van der Waals surface area contributed by atoms with Gasteiger partial charge in [-0.05, 0) is 24.3 Å². The molecule has 1 saturated carbocycles. The van der Waals surface area contributed by atoms with E-state index in [1.165, 1.54) is 31.7 Å². The molecule has 1 aromatic rings. The Morgan fingerprint density at radius 3 is 2.65 bits per heavy atom. The van der Waals surface area contributed by atoms with Crippen LogP contribution in [0.5, 0.6) is 0 Å². The molecule has 0 spiro atoms. The monoisotopic (exact) mass is 272 g/mol. The fourth-order valence-corrected chi connectivity index (χ4v) is 3.22. The number of benzene rings is 1. The highest BCUT2D eigenvalue weighted by Crippen LogP contribution is 2.39. The minimum Gasteiger partial charge on any atom is -0.495 e. The van der Waals surface area contributed by atoms with Gasteiger partial charge < -0.3 is 15.5 Å². The molecule has 2 aliphatic rings. The first kappa shape index (κ1) is 13.2. The topological polar surface area (TPSA) is 64.8 Å². The molecule has 1 aromatic carbocycles. The Balaban J connectivity index is 2.01. The van der Waals surface area contributed by atoms with Crippen LogP contribution in [0.2, 0.25) is 0 Å². The van der Waals surface area contributed by atoms with Gasteiger partial charge in [-0.1, -0.05) is 43.5 Å². The summed E-state index contributed by atoms with van der Waals surface area (Å²) in [5.74, 6) is 0.408. The SMILES string of the molecule is OC1=CC(O)(c2ccccc2C2CCCCC2)N=CN1. The van der Waals surface area contributed by atoms with Crippen molar-refractivity contribution in [3.05, 3.63) is 47.4 Å². The molecular formula is C16H20N2O2. The first-order valence-corrected chi connectivity index (χ1v) is 7.23. The summed E-state index contributed by atoms with van der Waals surface area (Å²) >= 11 is 0. The molecule has 0 saturated heterocycles. The zero-order valence-corrected chi connectivity index (χ0v) is 11.4. The molecule has 1 atom stereocenters. The van der Waals surface area contributed by atoms with E-state index in [2.05, 4.69) is 16.4 Å². The zero-order valence-electron chi connectivity index (χ0n) is 11.4. The van der Waals surface area contributed by atoms with Crippen LogP contribution in [-0.4, -0.2) is 16.6 Å². The lowest BCUT2D eigenvalue weighted by atomic mass is 9.80. The summed E-state index contributed by atoms with van der Waals surface area (Å²) in [6.45, 7) is 0. The molecule has 1 heterocycles. The number of aliphatic hydroxyl groups excluding tert-OH is 1. The van der Waals surface area contributed by atoms with Crippen LogP contribution in [0.4, 0.5) is 0 Å². The Hall–Kier alpha value is -1.81. The second kappa shape index (κ2) is 5.29. The Kier molecular flexibility index (Phi) is 3.49. The van der Waals surface area contributed by atoms with Crippen molar-refractivity contribution in [3.63, 3.8) is 0 Å². The molecule has 4 nitrogen and oxygen atoms in total. The molecule has 1 aliphatic carbocycles. The first-order chi connectivity index (χ1) is 9.69. The number of nitrogens with zero attached hydrogens (tertiary/aromatic N) is 1. The van der Waals surface area contributed by atoms with E-state index in [0.29, 0.717) is 5.92 Å². The summed E-state index contributed by atoms with van der Waals surface area (Å²) in [6.07, 6.45) is 8.79. The summed E-state index contributed by atoms with van der Waals surface area (Å²) in [5, 5.41) is 22.9. The van der Waals surface area contributed by atoms with E-state index in [9.17, 15) is 10.2 Å². The third kappa shape index (κ3) is 2.43. The van der Waals surface area contributed by atoms with E-state index in [1.807, 2.05) is 18.2 Å². The Bertz CT molecular complexity index is 547. The van der Waals surface area contributed by atoms with E-state index < -0.39 is 5.72 Å². The highest BCUT2D eigenvalue weighted by atomic mass is 16.3. The minimum atomic E-state index is -1.47. The smallest absolute Gasteiger partial charge is 0.209 e. The van der Waals surface area contributed by atoms with Crippen LogP contribution in [0.15, 0.2) is 41.2 Å². The zero-order chi connectivity index (χ0) is 14.0. The van der Waals surface area contributed by atoms with Crippen LogP contribution < -0.4 is 5.32 Å². The van der Waals surface area contributed by atoms with Crippen molar-refractivity contribution in [1.29, 1.82) is 0 Å². The van der Waals surface area contributed by atoms with Crippen molar-refractivity contribution < 1.29 is 10.2 Å². The van der Waals surface area contributed by atoms with Crippen LogP contribution in [0.3, 0.4) is 0 Å². The fraction of sp³-hybridized carbons (Fsp3) is 0.438. The fourth-order valence-electron chi connectivity index (χ4n) is 3.22. The van der Waals surface area contributed by atoms with Gasteiger partial charge in [-0.25, -0.2) is 4.99 Å². The van der Waals surface area contributed by atoms with Gasteiger partial charge in [0.15, 0.2) is 5.88 Å². The highest BCUT2D eigenvalue weighted by molar-refractivity contribution is 5.60. The predicted octanol–water partition coefficient (Wildman–Crippen LogP) is 2.91. The van der Waals surface area contributed by atoms with E-state index in [4.69, 9.17) is 0 Å². The third-order valence-electron chi connectivity index (χ3n) is 4.21. The van der Waals surface area contributed by atoms with E-state index in [0.717, 1.165) is 24.0 Å². The average molecular weight is 272 g/mol. The molecule has 3 rings (SSSR count). The van der Waals surface area contributed by atoms with Gasteiger partial charge in [-0.2, -0.15) is 0 Å². The van der Waals surface area contributed by atoms with Gasteiger partial charge >= 0.3 is 0 Å². The maximum Gasteiger partial charge on any atom is 0.209 e. The van der Waals surface area contributed by atoms with E-state index in [1.54, 1.807) is 0 Å². The van der Waals surface area contributed by atoms with Crippen LogP contribution in [-0.2, 0) is 5.72 Å².